The molecule has 0 aromatic heterocycles. The smallest absolute Gasteiger partial charge is 0.357 e. The second-order valence-electron chi connectivity index (χ2n) is 4.86. The number of hydrogen-bond donors (Lipinski definition) is 0. The lowest BCUT2D eigenvalue weighted by Gasteiger charge is -2.33. The fourth-order valence-electron chi connectivity index (χ4n) is 1.91. The number of nitrogens with zero attached hydrogens (tertiary/aromatic N) is 1. The molecule has 0 aliphatic carbocycles. The average molecular weight is 329 g/mol. The van der Waals surface area contributed by atoms with Crippen LogP contribution in [0.4, 0.5) is 35.1 Å². The number of likely N-dealkylation sites (tertiary alicyclic amines) is 1. The van der Waals surface area contributed by atoms with Crippen LogP contribution in [-0.4, -0.2) is 55.0 Å². The van der Waals surface area contributed by atoms with E-state index in [2.05, 4.69) is 4.74 Å². The third-order valence-electron chi connectivity index (χ3n) is 3.31. The third kappa shape index (κ3) is 3.58. The Balaban J connectivity index is 2.70. The topological polar surface area (TPSA) is 12.5 Å². The fraction of sp³-hybridized carbons (Fsp3) is 1.00. The molecule has 1 aliphatic rings. The Morgan fingerprint density at radius 3 is 1.90 bits per heavy atom. The van der Waals surface area contributed by atoms with E-state index in [9.17, 15) is 35.1 Å². The number of rotatable bonds is 7. The minimum absolute atomic E-state index is 0.496. The molecule has 0 amide bonds. The monoisotopic (exact) mass is 329 g/mol. The summed E-state index contributed by atoms with van der Waals surface area (Å²) in [5.74, 6) is -17.8. The van der Waals surface area contributed by atoms with Crippen LogP contribution in [0.15, 0.2) is 0 Å². The lowest BCUT2D eigenvalue weighted by Crippen LogP contribution is -2.59. The molecule has 126 valence electrons. The van der Waals surface area contributed by atoms with E-state index in [-0.39, 0.29) is 0 Å². The molecule has 0 saturated carbocycles. The maximum Gasteiger partial charge on any atom is 0.380 e. The molecule has 0 bridgehead atoms. The molecule has 1 unspecified atom stereocenters. The van der Waals surface area contributed by atoms with Crippen LogP contribution in [0.25, 0.3) is 0 Å². The van der Waals surface area contributed by atoms with Gasteiger partial charge in [0.05, 0.1) is 0 Å². The SMILES string of the molecule is CC(OCC(F)(F)C(F)(F)C(F)(F)C(F)F)N1CCCC1. The summed E-state index contributed by atoms with van der Waals surface area (Å²) in [5.41, 5.74) is 0. The molecule has 0 aromatic carbocycles. The van der Waals surface area contributed by atoms with Crippen molar-refractivity contribution in [2.75, 3.05) is 19.7 Å². The molecule has 21 heavy (non-hydrogen) atoms. The molecule has 2 nitrogen and oxygen atoms in total. The lowest BCUT2D eigenvalue weighted by atomic mass is 10.1. The molecule has 1 heterocycles. The van der Waals surface area contributed by atoms with E-state index < -0.39 is 37.0 Å². The van der Waals surface area contributed by atoms with Crippen molar-refractivity contribution >= 4 is 0 Å². The Kier molecular flexibility index (Phi) is 5.46. The van der Waals surface area contributed by atoms with E-state index in [1.807, 2.05) is 0 Å². The van der Waals surface area contributed by atoms with Crippen LogP contribution >= 0.6 is 0 Å². The van der Waals surface area contributed by atoms with E-state index in [4.69, 9.17) is 0 Å². The van der Waals surface area contributed by atoms with Crippen molar-refractivity contribution in [1.82, 2.24) is 4.90 Å². The summed E-state index contributed by atoms with van der Waals surface area (Å²) in [4.78, 5) is 1.56. The summed E-state index contributed by atoms with van der Waals surface area (Å²) < 4.78 is 106. The second kappa shape index (κ2) is 6.23. The molecule has 1 saturated heterocycles. The maximum atomic E-state index is 13.2. The first-order chi connectivity index (χ1) is 9.43. The Morgan fingerprint density at radius 2 is 1.48 bits per heavy atom. The van der Waals surface area contributed by atoms with Gasteiger partial charge in [-0.05, 0) is 19.8 Å². The largest absolute Gasteiger partial charge is 0.380 e. The maximum absolute atomic E-state index is 13.2. The molecule has 0 radical (unpaired) electrons. The van der Waals surface area contributed by atoms with Crippen LogP contribution in [0.5, 0.6) is 0 Å². The van der Waals surface area contributed by atoms with Gasteiger partial charge >= 0.3 is 24.2 Å². The first kappa shape index (κ1) is 18.4. The molecule has 0 N–H and O–H groups in total. The van der Waals surface area contributed by atoms with E-state index >= 15 is 0 Å². The molecular formula is C11H15F8NO. The highest BCUT2D eigenvalue weighted by molar-refractivity contribution is 4.98. The molecule has 0 spiro atoms. The first-order valence-electron chi connectivity index (χ1n) is 6.20. The zero-order valence-corrected chi connectivity index (χ0v) is 11.1. The molecule has 1 atom stereocenters. The Bertz CT molecular complexity index is 343. The van der Waals surface area contributed by atoms with Crippen molar-refractivity contribution in [2.24, 2.45) is 0 Å². The van der Waals surface area contributed by atoms with Gasteiger partial charge in [0.25, 0.3) is 0 Å². The van der Waals surface area contributed by atoms with Crippen molar-refractivity contribution in [3.05, 3.63) is 0 Å². The summed E-state index contributed by atoms with van der Waals surface area (Å²) >= 11 is 0. The van der Waals surface area contributed by atoms with E-state index in [0.29, 0.717) is 13.1 Å². The Hall–Kier alpha value is -0.640. The van der Waals surface area contributed by atoms with E-state index in [1.54, 1.807) is 4.90 Å². The highest BCUT2D eigenvalue weighted by atomic mass is 19.4. The minimum atomic E-state index is -6.21. The molecular weight excluding hydrogens is 314 g/mol. The fourth-order valence-corrected chi connectivity index (χ4v) is 1.91. The van der Waals surface area contributed by atoms with Crippen LogP contribution in [0.1, 0.15) is 19.8 Å². The standard InChI is InChI=1S/C11H15F8NO/c1-7(20-4-2-3-5-20)21-6-9(14,15)11(18,19)10(16,17)8(12)13/h7-8H,2-6H2,1H3. The number of ether oxygens (including phenoxy) is 1. The number of halogens is 8. The van der Waals surface area contributed by atoms with Crippen LogP contribution in [0.2, 0.25) is 0 Å². The van der Waals surface area contributed by atoms with Gasteiger partial charge in [-0.3, -0.25) is 4.90 Å². The quantitative estimate of drug-likeness (QED) is 0.662. The first-order valence-corrected chi connectivity index (χ1v) is 6.20. The van der Waals surface area contributed by atoms with Gasteiger partial charge in [-0.15, -0.1) is 0 Å². The Morgan fingerprint density at radius 1 is 1.00 bits per heavy atom. The summed E-state index contributed by atoms with van der Waals surface area (Å²) in [5, 5.41) is 0. The van der Waals surface area contributed by atoms with Crippen molar-refractivity contribution in [3.8, 4) is 0 Å². The molecule has 1 rings (SSSR count). The summed E-state index contributed by atoms with van der Waals surface area (Å²) in [6.07, 6.45) is -4.36. The van der Waals surface area contributed by atoms with Crippen LogP contribution in [0.3, 0.4) is 0 Å². The normalized spacial score (nSPS) is 20.3. The van der Waals surface area contributed by atoms with Gasteiger partial charge in [-0.1, -0.05) is 0 Å². The highest BCUT2D eigenvalue weighted by Gasteiger charge is 2.75. The van der Waals surface area contributed by atoms with Gasteiger partial charge < -0.3 is 4.74 Å². The minimum Gasteiger partial charge on any atom is -0.357 e. The predicted molar refractivity (Wildman–Crippen MR) is 57.1 cm³/mol. The van der Waals surface area contributed by atoms with Gasteiger partial charge in [-0.2, -0.15) is 26.3 Å². The average Bonchev–Trinajstić information content (AvgIpc) is 2.89. The van der Waals surface area contributed by atoms with Gasteiger partial charge in [-0.25, -0.2) is 8.78 Å². The summed E-state index contributed by atoms with van der Waals surface area (Å²) in [7, 11) is 0. The number of hydrogen-bond acceptors (Lipinski definition) is 2. The van der Waals surface area contributed by atoms with Gasteiger partial charge in [0, 0.05) is 13.1 Å². The van der Waals surface area contributed by atoms with Crippen molar-refractivity contribution < 1.29 is 39.9 Å². The van der Waals surface area contributed by atoms with Crippen molar-refractivity contribution in [1.29, 1.82) is 0 Å². The van der Waals surface area contributed by atoms with Crippen molar-refractivity contribution in [3.63, 3.8) is 0 Å². The molecule has 10 heteroatoms. The second-order valence-corrected chi connectivity index (χ2v) is 4.86. The third-order valence-corrected chi connectivity index (χ3v) is 3.31. The Labute approximate surface area is 116 Å². The molecule has 1 fully saturated rings. The van der Waals surface area contributed by atoms with Crippen LogP contribution in [-0.2, 0) is 4.74 Å². The predicted octanol–water partition coefficient (Wildman–Crippen LogP) is 3.62. The highest BCUT2D eigenvalue weighted by Crippen LogP contribution is 2.48. The lowest BCUT2D eigenvalue weighted by molar-refractivity contribution is -0.349. The zero-order chi connectivity index (χ0) is 16.5. The van der Waals surface area contributed by atoms with E-state index in [1.165, 1.54) is 6.92 Å². The van der Waals surface area contributed by atoms with Gasteiger partial charge in [0.15, 0.2) is 0 Å². The zero-order valence-electron chi connectivity index (χ0n) is 11.1. The van der Waals surface area contributed by atoms with Crippen LogP contribution < -0.4 is 0 Å². The summed E-state index contributed by atoms with van der Waals surface area (Å²) in [6, 6.07) is 0. The molecule has 0 aromatic rings. The molecule has 1 aliphatic heterocycles. The van der Waals surface area contributed by atoms with Crippen molar-refractivity contribution in [2.45, 2.75) is 50.2 Å². The van der Waals surface area contributed by atoms with E-state index in [0.717, 1.165) is 12.8 Å². The summed E-state index contributed by atoms with van der Waals surface area (Å²) in [6.45, 7) is 0.220. The van der Waals surface area contributed by atoms with Crippen LogP contribution in [0, 0.1) is 0 Å². The van der Waals surface area contributed by atoms with Gasteiger partial charge in [0.1, 0.15) is 12.8 Å². The van der Waals surface area contributed by atoms with Gasteiger partial charge in [0.2, 0.25) is 0 Å². The number of alkyl halides is 8.